The topological polar surface area (TPSA) is 41.6 Å². The van der Waals surface area contributed by atoms with Gasteiger partial charge in [-0.05, 0) is 39.9 Å². The second-order valence-electron chi connectivity index (χ2n) is 3.70. The lowest BCUT2D eigenvalue weighted by Gasteiger charge is -2.30. The molecule has 0 aromatic carbocycles. The number of rotatable bonds is 4. The molecule has 82 valence electrons. The van der Waals surface area contributed by atoms with E-state index >= 15 is 0 Å². The fourth-order valence-corrected chi connectivity index (χ4v) is 1.79. The van der Waals surface area contributed by atoms with Crippen molar-refractivity contribution in [3.05, 3.63) is 0 Å². The summed E-state index contributed by atoms with van der Waals surface area (Å²) in [4.78, 5) is 13.3. The van der Waals surface area contributed by atoms with E-state index in [9.17, 15) is 4.79 Å². The number of hydrogen-bond acceptors (Lipinski definition) is 4. The lowest BCUT2D eigenvalue weighted by molar-refractivity contribution is -0.144. The van der Waals surface area contributed by atoms with E-state index in [1.807, 2.05) is 14.0 Å². The molecule has 0 atom stereocenters. The highest BCUT2D eigenvalue weighted by atomic mass is 16.5. The summed E-state index contributed by atoms with van der Waals surface area (Å²) >= 11 is 0. The lowest BCUT2D eigenvalue weighted by Crippen LogP contribution is -2.43. The number of ether oxygens (including phenoxy) is 1. The fraction of sp³-hybridized carbons (Fsp3) is 0.900. The van der Waals surface area contributed by atoms with Crippen molar-refractivity contribution in [3.63, 3.8) is 0 Å². The van der Waals surface area contributed by atoms with Crippen molar-refractivity contribution < 1.29 is 9.53 Å². The average Bonchev–Trinajstić information content (AvgIpc) is 2.19. The molecule has 4 heteroatoms. The SMILES string of the molecule is CCOC(=O)CN(C)C1CCNCC1. The molecule has 0 aliphatic carbocycles. The molecule has 4 nitrogen and oxygen atoms in total. The summed E-state index contributed by atoms with van der Waals surface area (Å²) in [6.07, 6.45) is 2.24. The van der Waals surface area contributed by atoms with E-state index in [0.29, 0.717) is 19.2 Å². The maximum absolute atomic E-state index is 11.2. The van der Waals surface area contributed by atoms with Gasteiger partial charge in [-0.15, -0.1) is 0 Å². The van der Waals surface area contributed by atoms with Gasteiger partial charge in [-0.25, -0.2) is 0 Å². The van der Waals surface area contributed by atoms with Crippen molar-refractivity contribution in [3.8, 4) is 0 Å². The quantitative estimate of drug-likeness (QED) is 0.660. The first-order valence-corrected chi connectivity index (χ1v) is 5.30. The smallest absolute Gasteiger partial charge is 0.320 e. The molecule has 14 heavy (non-hydrogen) atoms. The number of esters is 1. The van der Waals surface area contributed by atoms with Crippen LogP contribution in [0.2, 0.25) is 0 Å². The Morgan fingerprint density at radius 1 is 1.50 bits per heavy atom. The van der Waals surface area contributed by atoms with Gasteiger partial charge < -0.3 is 10.1 Å². The highest BCUT2D eigenvalue weighted by Crippen LogP contribution is 2.09. The van der Waals surface area contributed by atoms with E-state index in [0.717, 1.165) is 25.9 Å². The van der Waals surface area contributed by atoms with Gasteiger partial charge in [-0.1, -0.05) is 0 Å². The Bertz CT molecular complexity index is 179. The zero-order chi connectivity index (χ0) is 10.4. The van der Waals surface area contributed by atoms with Gasteiger partial charge in [-0.2, -0.15) is 0 Å². The minimum Gasteiger partial charge on any atom is -0.465 e. The van der Waals surface area contributed by atoms with Crippen LogP contribution in [0, 0.1) is 0 Å². The van der Waals surface area contributed by atoms with Crippen molar-refractivity contribution in [2.75, 3.05) is 33.3 Å². The third kappa shape index (κ3) is 3.64. The van der Waals surface area contributed by atoms with Crippen LogP contribution in [0.5, 0.6) is 0 Å². The van der Waals surface area contributed by atoms with E-state index in [2.05, 4.69) is 10.2 Å². The van der Waals surface area contributed by atoms with Gasteiger partial charge in [0.1, 0.15) is 0 Å². The van der Waals surface area contributed by atoms with Gasteiger partial charge in [0, 0.05) is 6.04 Å². The van der Waals surface area contributed by atoms with E-state index in [-0.39, 0.29) is 5.97 Å². The molecule has 0 unspecified atom stereocenters. The van der Waals surface area contributed by atoms with Gasteiger partial charge in [0.25, 0.3) is 0 Å². The highest BCUT2D eigenvalue weighted by Gasteiger charge is 2.19. The summed E-state index contributed by atoms with van der Waals surface area (Å²) in [6.45, 7) is 4.83. The van der Waals surface area contributed by atoms with Crippen molar-refractivity contribution in [2.45, 2.75) is 25.8 Å². The summed E-state index contributed by atoms with van der Waals surface area (Å²) in [5.41, 5.74) is 0. The standard InChI is InChI=1S/C10H20N2O2/c1-3-14-10(13)8-12(2)9-4-6-11-7-5-9/h9,11H,3-8H2,1-2H3. The molecule has 0 aromatic heterocycles. The largest absolute Gasteiger partial charge is 0.465 e. The fourth-order valence-electron chi connectivity index (χ4n) is 1.79. The zero-order valence-electron chi connectivity index (χ0n) is 9.08. The Kier molecular flexibility index (Phi) is 4.90. The van der Waals surface area contributed by atoms with Crippen LogP contribution in [0.3, 0.4) is 0 Å². The predicted octanol–water partition coefficient (Wildman–Crippen LogP) is 0.233. The molecule has 0 radical (unpaired) electrons. The average molecular weight is 200 g/mol. The number of nitrogens with zero attached hydrogens (tertiary/aromatic N) is 1. The van der Waals surface area contributed by atoms with Crippen molar-refractivity contribution in [1.29, 1.82) is 0 Å². The van der Waals surface area contributed by atoms with Gasteiger partial charge in [0.05, 0.1) is 13.2 Å². The summed E-state index contributed by atoms with van der Waals surface area (Å²) in [5, 5.41) is 3.31. The molecule has 0 bridgehead atoms. The Labute approximate surface area is 85.6 Å². The number of piperidine rings is 1. The van der Waals surface area contributed by atoms with Gasteiger partial charge in [0.15, 0.2) is 0 Å². The van der Waals surface area contributed by atoms with E-state index in [1.165, 1.54) is 0 Å². The van der Waals surface area contributed by atoms with Crippen LogP contribution >= 0.6 is 0 Å². The zero-order valence-corrected chi connectivity index (χ0v) is 9.08. The molecule has 0 spiro atoms. The monoisotopic (exact) mass is 200 g/mol. The van der Waals surface area contributed by atoms with Crippen LogP contribution in [0.1, 0.15) is 19.8 Å². The molecule has 1 fully saturated rings. The minimum absolute atomic E-state index is 0.117. The summed E-state index contributed by atoms with van der Waals surface area (Å²) < 4.78 is 4.91. The number of carbonyl (C=O) groups excluding carboxylic acids is 1. The minimum atomic E-state index is -0.117. The van der Waals surface area contributed by atoms with Crippen molar-refractivity contribution in [2.24, 2.45) is 0 Å². The molecular weight excluding hydrogens is 180 g/mol. The Balaban J connectivity index is 2.25. The normalized spacial score (nSPS) is 18.5. The third-order valence-electron chi connectivity index (χ3n) is 2.62. The lowest BCUT2D eigenvalue weighted by atomic mass is 10.1. The molecule has 1 heterocycles. The predicted molar refractivity (Wildman–Crippen MR) is 55.2 cm³/mol. The third-order valence-corrected chi connectivity index (χ3v) is 2.62. The van der Waals surface area contributed by atoms with Crippen LogP contribution in [-0.4, -0.2) is 50.2 Å². The summed E-state index contributed by atoms with van der Waals surface area (Å²) in [6, 6.07) is 0.528. The van der Waals surface area contributed by atoms with Crippen LogP contribution < -0.4 is 5.32 Å². The van der Waals surface area contributed by atoms with Crippen LogP contribution in [-0.2, 0) is 9.53 Å². The number of nitrogens with one attached hydrogen (secondary N) is 1. The van der Waals surface area contributed by atoms with E-state index in [4.69, 9.17) is 4.74 Å². The Hall–Kier alpha value is -0.610. The Morgan fingerprint density at radius 3 is 2.71 bits per heavy atom. The van der Waals surface area contributed by atoms with Crippen molar-refractivity contribution in [1.82, 2.24) is 10.2 Å². The molecule has 1 aliphatic rings. The second kappa shape index (κ2) is 5.98. The highest BCUT2D eigenvalue weighted by molar-refractivity contribution is 5.71. The molecule has 0 amide bonds. The Morgan fingerprint density at radius 2 is 2.14 bits per heavy atom. The van der Waals surface area contributed by atoms with Gasteiger partial charge in [-0.3, -0.25) is 9.69 Å². The maximum atomic E-state index is 11.2. The van der Waals surface area contributed by atoms with Crippen LogP contribution in [0.4, 0.5) is 0 Å². The molecule has 0 saturated carbocycles. The first-order chi connectivity index (χ1) is 6.74. The number of likely N-dealkylation sites (N-methyl/N-ethyl adjacent to an activating group) is 1. The van der Waals surface area contributed by atoms with Crippen LogP contribution in [0.15, 0.2) is 0 Å². The van der Waals surface area contributed by atoms with Gasteiger partial charge >= 0.3 is 5.97 Å². The molecule has 1 saturated heterocycles. The molecule has 1 aliphatic heterocycles. The molecule has 0 aromatic rings. The van der Waals surface area contributed by atoms with E-state index in [1.54, 1.807) is 0 Å². The van der Waals surface area contributed by atoms with Crippen LogP contribution in [0.25, 0.3) is 0 Å². The maximum Gasteiger partial charge on any atom is 0.320 e. The van der Waals surface area contributed by atoms with E-state index < -0.39 is 0 Å². The first kappa shape index (κ1) is 11.5. The number of carbonyl (C=O) groups is 1. The first-order valence-electron chi connectivity index (χ1n) is 5.30. The molecular formula is C10H20N2O2. The van der Waals surface area contributed by atoms with Gasteiger partial charge in [0.2, 0.25) is 0 Å². The molecule has 1 N–H and O–H groups in total. The molecule has 1 rings (SSSR count). The number of hydrogen-bond donors (Lipinski definition) is 1. The summed E-state index contributed by atoms with van der Waals surface area (Å²) in [5.74, 6) is -0.117. The second-order valence-corrected chi connectivity index (χ2v) is 3.70. The van der Waals surface area contributed by atoms with Crippen molar-refractivity contribution >= 4 is 5.97 Å². The summed E-state index contributed by atoms with van der Waals surface area (Å²) in [7, 11) is 1.99.